The van der Waals surface area contributed by atoms with Crippen LogP contribution >= 0.6 is 19.3 Å². The molecule has 3 aromatic rings. The van der Waals surface area contributed by atoms with Gasteiger partial charge in [0.15, 0.2) is 0 Å². The van der Waals surface area contributed by atoms with Crippen LogP contribution in [0.2, 0.25) is 0 Å². The van der Waals surface area contributed by atoms with Crippen LogP contribution in [0.15, 0.2) is 36.4 Å². The second-order valence-electron chi connectivity index (χ2n) is 12.3. The van der Waals surface area contributed by atoms with Crippen LogP contribution in [0.25, 0.3) is 10.1 Å². The van der Waals surface area contributed by atoms with Crippen LogP contribution in [-0.4, -0.2) is 69.4 Å². The topological polar surface area (TPSA) is 36.5 Å². The maximum absolute atomic E-state index is 15.7. The highest BCUT2D eigenvalue weighted by atomic mass is 32.1. The summed E-state index contributed by atoms with van der Waals surface area (Å²) >= 11 is 1.24. The SMILES string of the molecule is CCCCCC(CCC)N1CCC(Nc2cccc3c(CC(F)(F)F)c(C#CCNc4ccc(P(C)C)cc4OC)sc23)C(F)C1. The van der Waals surface area contributed by atoms with Crippen molar-refractivity contribution >= 4 is 46.0 Å². The number of anilines is 2. The van der Waals surface area contributed by atoms with Crippen molar-refractivity contribution in [3.05, 3.63) is 46.8 Å². The first kappa shape index (κ1) is 36.3. The number of thiophene rings is 1. The molecule has 1 aromatic heterocycles. The Bertz CT molecular complexity index is 1480. The third-order valence-electron chi connectivity index (χ3n) is 8.66. The molecule has 1 fully saturated rings. The van der Waals surface area contributed by atoms with Gasteiger partial charge in [0.1, 0.15) is 11.9 Å². The molecular formula is C36H48F4N3OPS. The number of hydrogen-bond donors (Lipinski definition) is 2. The van der Waals surface area contributed by atoms with E-state index in [1.54, 1.807) is 19.2 Å². The Labute approximate surface area is 277 Å². The van der Waals surface area contributed by atoms with Gasteiger partial charge in [0.05, 0.1) is 47.1 Å². The smallest absolute Gasteiger partial charge is 0.393 e. The van der Waals surface area contributed by atoms with E-state index in [2.05, 4.69) is 60.6 Å². The molecule has 2 N–H and O–H groups in total. The van der Waals surface area contributed by atoms with Crippen LogP contribution < -0.4 is 20.7 Å². The zero-order valence-electron chi connectivity index (χ0n) is 27.7. The monoisotopic (exact) mass is 677 g/mol. The third-order valence-corrected chi connectivity index (χ3v) is 11.2. The molecule has 0 aliphatic carbocycles. The molecule has 1 aliphatic heterocycles. The van der Waals surface area contributed by atoms with E-state index in [0.717, 1.165) is 31.5 Å². The van der Waals surface area contributed by atoms with E-state index < -0.39 is 24.8 Å². The molecule has 3 atom stereocenters. The lowest BCUT2D eigenvalue weighted by Crippen LogP contribution is -2.51. The second-order valence-corrected chi connectivity index (χ2v) is 15.6. The Morgan fingerprint density at radius 3 is 2.57 bits per heavy atom. The molecule has 0 spiro atoms. The fourth-order valence-electron chi connectivity index (χ4n) is 6.22. The average Bonchev–Trinajstić information content (AvgIpc) is 3.36. The molecule has 46 heavy (non-hydrogen) atoms. The molecule has 3 unspecified atom stereocenters. The molecule has 4 nitrogen and oxygen atoms in total. The van der Waals surface area contributed by atoms with Crippen molar-refractivity contribution in [2.45, 2.75) is 89.6 Å². The van der Waals surface area contributed by atoms with Gasteiger partial charge in [-0.3, -0.25) is 4.90 Å². The van der Waals surface area contributed by atoms with E-state index in [1.165, 1.54) is 35.9 Å². The molecule has 252 valence electrons. The summed E-state index contributed by atoms with van der Waals surface area (Å²) < 4.78 is 63.1. The summed E-state index contributed by atoms with van der Waals surface area (Å²) in [5.74, 6) is 6.74. The summed E-state index contributed by atoms with van der Waals surface area (Å²) in [5.41, 5.74) is 1.62. The lowest BCUT2D eigenvalue weighted by Gasteiger charge is -2.40. The van der Waals surface area contributed by atoms with Crippen molar-refractivity contribution in [1.82, 2.24) is 4.90 Å². The molecule has 2 heterocycles. The third kappa shape index (κ3) is 9.75. The summed E-state index contributed by atoms with van der Waals surface area (Å²) in [5, 5.41) is 8.36. The lowest BCUT2D eigenvalue weighted by atomic mass is 9.96. The summed E-state index contributed by atoms with van der Waals surface area (Å²) in [6.45, 7) is 10.2. The molecule has 0 amide bonds. The Morgan fingerprint density at radius 1 is 1.09 bits per heavy atom. The summed E-state index contributed by atoms with van der Waals surface area (Å²) in [4.78, 5) is 2.70. The molecule has 4 rings (SSSR count). The number of nitrogens with one attached hydrogen (secondary N) is 2. The Hall–Kier alpha value is -2.53. The summed E-state index contributed by atoms with van der Waals surface area (Å²) in [6.07, 6.45) is 0.903. The largest absolute Gasteiger partial charge is 0.495 e. The minimum Gasteiger partial charge on any atom is -0.495 e. The molecule has 10 heteroatoms. The highest BCUT2D eigenvalue weighted by Crippen LogP contribution is 2.40. The molecule has 0 bridgehead atoms. The first-order chi connectivity index (χ1) is 22.0. The fourth-order valence-corrected chi connectivity index (χ4v) is 8.14. The minimum absolute atomic E-state index is 0.172. The normalized spacial score (nSPS) is 18.0. The van der Waals surface area contributed by atoms with E-state index in [4.69, 9.17) is 4.74 Å². The van der Waals surface area contributed by atoms with Crippen molar-refractivity contribution < 1.29 is 22.3 Å². The van der Waals surface area contributed by atoms with Gasteiger partial charge in [-0.25, -0.2) is 4.39 Å². The standard InChI is InChI=1S/C36H48F4N3OPS/c1-6-8-9-13-25(12-7-2)43-21-19-30(29(37)24-43)42-32-15-10-14-27-28(23-36(38,39)40)34(46-35(27)32)16-11-20-41-31-18-17-26(45(4)5)22-33(31)44-3/h10,14-15,17-18,22,25,29-30,41-42H,6-9,12-13,19-21,23-24H2,1-5H3. The van der Waals surface area contributed by atoms with Crippen LogP contribution in [0.3, 0.4) is 0 Å². The van der Waals surface area contributed by atoms with Crippen molar-refractivity contribution in [3.63, 3.8) is 0 Å². The van der Waals surface area contributed by atoms with Gasteiger partial charge in [0, 0.05) is 19.1 Å². The summed E-state index contributed by atoms with van der Waals surface area (Å²) in [7, 11) is 1.34. The van der Waals surface area contributed by atoms with Gasteiger partial charge in [-0.1, -0.05) is 77.5 Å². The van der Waals surface area contributed by atoms with Crippen LogP contribution in [-0.2, 0) is 6.42 Å². The number of nitrogens with zero attached hydrogens (tertiary/aromatic N) is 1. The number of rotatable bonds is 14. The van der Waals surface area contributed by atoms with Crippen LogP contribution in [0.5, 0.6) is 5.75 Å². The minimum atomic E-state index is -4.39. The lowest BCUT2D eigenvalue weighted by molar-refractivity contribution is -0.126. The van der Waals surface area contributed by atoms with Gasteiger partial charge in [-0.15, -0.1) is 11.3 Å². The van der Waals surface area contributed by atoms with Gasteiger partial charge in [0.2, 0.25) is 0 Å². The highest BCUT2D eigenvalue weighted by Gasteiger charge is 2.34. The van der Waals surface area contributed by atoms with Gasteiger partial charge < -0.3 is 15.4 Å². The highest BCUT2D eigenvalue weighted by molar-refractivity contribution is 7.64. The molecule has 1 saturated heterocycles. The van der Waals surface area contributed by atoms with E-state index >= 15 is 4.39 Å². The number of methoxy groups -OCH3 is 1. The molecular weight excluding hydrogens is 629 g/mol. The quantitative estimate of drug-likeness (QED) is 0.0772. The molecule has 0 saturated carbocycles. The van der Waals surface area contributed by atoms with Crippen molar-refractivity contribution in [3.8, 4) is 17.6 Å². The molecule has 2 aromatic carbocycles. The molecule has 0 radical (unpaired) electrons. The Morgan fingerprint density at radius 2 is 1.89 bits per heavy atom. The van der Waals surface area contributed by atoms with Crippen molar-refractivity contribution in [2.75, 3.05) is 50.7 Å². The summed E-state index contributed by atoms with van der Waals surface area (Å²) in [6, 6.07) is 11.3. The maximum Gasteiger partial charge on any atom is 0.393 e. The van der Waals surface area contributed by atoms with E-state index in [9.17, 15) is 13.2 Å². The number of benzene rings is 2. The van der Waals surface area contributed by atoms with E-state index in [-0.39, 0.29) is 20.0 Å². The Balaban J connectivity index is 1.52. The first-order valence-electron chi connectivity index (χ1n) is 16.4. The van der Waals surface area contributed by atoms with Crippen LogP contribution in [0.4, 0.5) is 28.9 Å². The van der Waals surface area contributed by atoms with Gasteiger partial charge in [-0.05, 0) is 67.0 Å². The number of unbranched alkanes of at least 4 members (excludes halogenated alkanes) is 2. The number of piperidine rings is 1. The molecule has 1 aliphatic rings. The van der Waals surface area contributed by atoms with E-state index in [0.29, 0.717) is 45.4 Å². The average molecular weight is 678 g/mol. The second kappa shape index (κ2) is 17.0. The number of ether oxygens (including phenoxy) is 1. The maximum atomic E-state index is 15.7. The fraction of sp³-hybridized carbons (Fsp3) is 0.556. The van der Waals surface area contributed by atoms with Crippen molar-refractivity contribution in [2.24, 2.45) is 0 Å². The van der Waals surface area contributed by atoms with Gasteiger partial charge in [0.25, 0.3) is 0 Å². The van der Waals surface area contributed by atoms with Gasteiger partial charge in [-0.2, -0.15) is 13.2 Å². The zero-order valence-corrected chi connectivity index (χ0v) is 29.4. The number of hydrogen-bond acceptors (Lipinski definition) is 5. The predicted octanol–water partition coefficient (Wildman–Crippen LogP) is 9.42. The van der Waals surface area contributed by atoms with Crippen molar-refractivity contribution in [1.29, 1.82) is 0 Å². The first-order valence-corrected chi connectivity index (χ1v) is 19.4. The van der Waals surface area contributed by atoms with Crippen LogP contribution in [0, 0.1) is 11.8 Å². The van der Waals surface area contributed by atoms with Gasteiger partial charge >= 0.3 is 6.18 Å². The number of likely N-dealkylation sites (tertiary alicyclic amines) is 1. The Kier molecular flexibility index (Phi) is 13.4. The zero-order chi connectivity index (χ0) is 33.3. The number of alkyl halides is 4. The predicted molar refractivity (Wildman–Crippen MR) is 190 cm³/mol. The number of fused-ring (bicyclic) bond motifs is 1. The number of halogens is 4. The van der Waals surface area contributed by atoms with E-state index in [1.807, 2.05) is 18.2 Å². The van der Waals surface area contributed by atoms with Crippen LogP contribution in [0.1, 0.15) is 69.2 Å².